The second-order valence-electron chi connectivity index (χ2n) is 2.84. The minimum atomic E-state index is 0.312. The molecule has 1 aromatic carbocycles. The van der Waals surface area contributed by atoms with Crippen LogP contribution in [0.25, 0.3) is 0 Å². The lowest BCUT2D eigenvalue weighted by Crippen LogP contribution is -2.56. The summed E-state index contributed by atoms with van der Waals surface area (Å²) in [5.74, 6) is 1.04. The van der Waals surface area contributed by atoms with Crippen molar-refractivity contribution in [1.82, 2.24) is 0 Å². The van der Waals surface area contributed by atoms with E-state index in [4.69, 9.17) is 4.74 Å². The fourth-order valence-electron chi connectivity index (χ4n) is 1.41. The molecule has 2 rings (SSSR count). The van der Waals surface area contributed by atoms with Gasteiger partial charge < -0.3 is 10.5 Å². The Hall–Kier alpha value is -1.02. The van der Waals surface area contributed by atoms with Crippen LogP contribution in [0.2, 0.25) is 0 Å². The van der Waals surface area contributed by atoms with Crippen molar-refractivity contribution in [1.29, 1.82) is 0 Å². The number of fused-ring (bicyclic) bond motifs is 1. The molecule has 0 spiro atoms. The van der Waals surface area contributed by atoms with Gasteiger partial charge in [0.1, 0.15) is 12.3 Å². The Balaban J connectivity index is 2.27. The molecule has 1 aromatic rings. The maximum Gasteiger partial charge on any atom is 0.151 e. The third-order valence-corrected chi connectivity index (χ3v) is 2.04. The Morgan fingerprint density at radius 2 is 2.27 bits per heavy atom. The Bertz CT molecular complexity index is 234. The Morgan fingerprint density at radius 1 is 1.45 bits per heavy atom. The predicted octanol–water partition coefficient (Wildman–Crippen LogP) is 0.232. The number of rotatable bonds is 1. The number of hydrogen-bond donors (Lipinski definition) is 1. The highest BCUT2D eigenvalue weighted by Gasteiger charge is 2.21. The van der Waals surface area contributed by atoms with Crippen LogP contribution in [0.15, 0.2) is 24.3 Å². The molecule has 0 aromatic heterocycles. The van der Waals surface area contributed by atoms with Crippen molar-refractivity contribution in [2.75, 3.05) is 6.54 Å². The average molecular weight is 150 g/mol. The Labute approximate surface area is 66.0 Å². The van der Waals surface area contributed by atoms with Gasteiger partial charge in [0.25, 0.3) is 0 Å². The highest BCUT2D eigenvalue weighted by molar-refractivity contribution is 5.37. The van der Waals surface area contributed by atoms with Gasteiger partial charge in [0.15, 0.2) is 6.10 Å². The third kappa shape index (κ3) is 1.10. The molecular formula is C9H12NO+. The van der Waals surface area contributed by atoms with E-state index in [-0.39, 0.29) is 0 Å². The van der Waals surface area contributed by atoms with Gasteiger partial charge >= 0.3 is 0 Å². The van der Waals surface area contributed by atoms with Crippen LogP contribution >= 0.6 is 0 Å². The first-order valence-corrected chi connectivity index (χ1v) is 3.94. The number of quaternary nitrogens is 1. The molecule has 0 bridgehead atoms. The van der Waals surface area contributed by atoms with E-state index in [9.17, 15) is 0 Å². The molecule has 3 N–H and O–H groups in total. The van der Waals surface area contributed by atoms with Crippen LogP contribution in [0.4, 0.5) is 0 Å². The summed E-state index contributed by atoms with van der Waals surface area (Å²) in [6.07, 6.45) is 1.34. The van der Waals surface area contributed by atoms with E-state index < -0.39 is 0 Å². The highest BCUT2D eigenvalue weighted by atomic mass is 16.5. The molecular weight excluding hydrogens is 138 g/mol. The fraction of sp³-hybridized carbons (Fsp3) is 0.333. The van der Waals surface area contributed by atoms with Gasteiger partial charge in [-0.2, -0.15) is 0 Å². The zero-order valence-corrected chi connectivity index (χ0v) is 6.42. The topological polar surface area (TPSA) is 36.9 Å². The normalized spacial score (nSPS) is 21.0. The van der Waals surface area contributed by atoms with Crippen molar-refractivity contribution < 1.29 is 10.5 Å². The molecule has 1 heterocycles. The number of ether oxygens (including phenoxy) is 1. The molecule has 0 aliphatic carbocycles. The van der Waals surface area contributed by atoms with E-state index in [0.717, 1.165) is 18.7 Å². The minimum absolute atomic E-state index is 0.312. The quantitative estimate of drug-likeness (QED) is 0.611. The van der Waals surface area contributed by atoms with Crippen LogP contribution in [-0.2, 0) is 6.42 Å². The zero-order chi connectivity index (χ0) is 7.68. The maximum absolute atomic E-state index is 5.59. The molecule has 2 heteroatoms. The fourth-order valence-corrected chi connectivity index (χ4v) is 1.41. The third-order valence-electron chi connectivity index (χ3n) is 2.04. The van der Waals surface area contributed by atoms with Crippen molar-refractivity contribution in [2.45, 2.75) is 12.5 Å². The molecule has 2 nitrogen and oxygen atoms in total. The van der Waals surface area contributed by atoms with Gasteiger partial charge in [-0.1, -0.05) is 18.2 Å². The highest BCUT2D eigenvalue weighted by Crippen LogP contribution is 2.27. The van der Waals surface area contributed by atoms with Gasteiger partial charge in [0.2, 0.25) is 0 Å². The van der Waals surface area contributed by atoms with Crippen LogP contribution in [0.5, 0.6) is 5.75 Å². The van der Waals surface area contributed by atoms with Gasteiger partial charge in [0, 0.05) is 6.42 Å². The van der Waals surface area contributed by atoms with E-state index >= 15 is 0 Å². The molecule has 11 heavy (non-hydrogen) atoms. The van der Waals surface area contributed by atoms with Crippen LogP contribution in [0.1, 0.15) is 5.56 Å². The van der Waals surface area contributed by atoms with Crippen molar-refractivity contribution >= 4 is 0 Å². The van der Waals surface area contributed by atoms with Gasteiger partial charge in [-0.3, -0.25) is 0 Å². The van der Waals surface area contributed by atoms with Gasteiger partial charge in [-0.05, 0) is 11.6 Å². The number of benzene rings is 1. The molecule has 1 atom stereocenters. The lowest BCUT2D eigenvalue weighted by Gasteiger charge is -2.03. The molecule has 1 aliphatic rings. The molecule has 0 unspecified atom stereocenters. The first-order valence-electron chi connectivity index (χ1n) is 3.94. The van der Waals surface area contributed by atoms with Gasteiger partial charge in [-0.15, -0.1) is 0 Å². The van der Waals surface area contributed by atoms with Crippen molar-refractivity contribution in [3.63, 3.8) is 0 Å². The minimum Gasteiger partial charge on any atom is -0.484 e. The van der Waals surface area contributed by atoms with Gasteiger partial charge in [-0.25, -0.2) is 0 Å². The molecule has 58 valence electrons. The summed E-state index contributed by atoms with van der Waals surface area (Å²) in [4.78, 5) is 0. The molecule has 0 saturated heterocycles. The monoisotopic (exact) mass is 150 g/mol. The lowest BCUT2D eigenvalue weighted by molar-refractivity contribution is -0.380. The SMILES string of the molecule is [NH3+]C[C@@H]1Cc2ccccc2O1. The van der Waals surface area contributed by atoms with Gasteiger partial charge in [0.05, 0.1) is 0 Å². The standard InChI is InChI=1S/C9H11NO/c10-6-8-5-7-3-1-2-4-9(7)11-8/h1-4,8H,5-6,10H2/p+1/t8-/m0/s1. The van der Waals surface area contributed by atoms with Crippen molar-refractivity contribution in [3.8, 4) is 5.75 Å². The van der Waals surface area contributed by atoms with E-state index in [1.54, 1.807) is 0 Å². The van der Waals surface area contributed by atoms with Crippen molar-refractivity contribution in [3.05, 3.63) is 29.8 Å². The molecule has 1 aliphatic heterocycles. The summed E-state index contributed by atoms with van der Waals surface area (Å²) in [6, 6.07) is 8.19. The van der Waals surface area contributed by atoms with E-state index in [1.165, 1.54) is 5.56 Å². The summed E-state index contributed by atoms with van der Waals surface area (Å²) >= 11 is 0. The summed E-state index contributed by atoms with van der Waals surface area (Å²) in [5, 5.41) is 0. The molecule has 0 radical (unpaired) electrons. The predicted molar refractivity (Wildman–Crippen MR) is 42.3 cm³/mol. The van der Waals surface area contributed by atoms with Crippen LogP contribution in [0, 0.1) is 0 Å². The smallest absolute Gasteiger partial charge is 0.151 e. The van der Waals surface area contributed by atoms with Crippen LogP contribution in [0.3, 0.4) is 0 Å². The first-order chi connectivity index (χ1) is 5.40. The van der Waals surface area contributed by atoms with Crippen molar-refractivity contribution in [2.24, 2.45) is 0 Å². The average Bonchev–Trinajstić information content (AvgIpc) is 2.46. The molecule has 0 saturated carbocycles. The Kier molecular flexibility index (Phi) is 1.55. The number of para-hydroxylation sites is 1. The summed E-state index contributed by atoms with van der Waals surface area (Å²) < 4.78 is 5.59. The first kappa shape index (κ1) is 6.68. The largest absolute Gasteiger partial charge is 0.484 e. The Morgan fingerprint density at radius 3 is 3.00 bits per heavy atom. The number of hydrogen-bond acceptors (Lipinski definition) is 1. The second-order valence-corrected chi connectivity index (χ2v) is 2.84. The second kappa shape index (κ2) is 2.55. The lowest BCUT2D eigenvalue weighted by atomic mass is 10.1. The molecule has 0 amide bonds. The molecule has 0 fully saturated rings. The maximum atomic E-state index is 5.59. The summed E-state index contributed by atoms with van der Waals surface area (Å²) in [7, 11) is 0. The summed E-state index contributed by atoms with van der Waals surface area (Å²) in [5.41, 5.74) is 5.15. The van der Waals surface area contributed by atoms with Crippen LogP contribution in [-0.4, -0.2) is 12.6 Å². The van der Waals surface area contributed by atoms with E-state index in [2.05, 4.69) is 11.8 Å². The van der Waals surface area contributed by atoms with E-state index in [1.807, 2.05) is 18.2 Å². The zero-order valence-electron chi connectivity index (χ0n) is 6.42. The van der Waals surface area contributed by atoms with E-state index in [0.29, 0.717) is 6.10 Å². The summed E-state index contributed by atoms with van der Waals surface area (Å²) in [6.45, 7) is 0.856. The van der Waals surface area contributed by atoms with Crippen LogP contribution < -0.4 is 10.5 Å².